The van der Waals surface area contributed by atoms with Crippen molar-refractivity contribution in [3.05, 3.63) is 36.4 Å². The van der Waals surface area contributed by atoms with Crippen LogP contribution in [-0.2, 0) is 0 Å². The lowest BCUT2D eigenvalue weighted by Crippen LogP contribution is -2.27. The van der Waals surface area contributed by atoms with Crippen LogP contribution in [0.2, 0.25) is 0 Å². The first-order valence-electron chi connectivity index (χ1n) is 6.41. The zero-order valence-corrected chi connectivity index (χ0v) is 11.1. The molecule has 0 bridgehead atoms. The van der Waals surface area contributed by atoms with Crippen LogP contribution in [0, 0.1) is 0 Å². The van der Waals surface area contributed by atoms with Gasteiger partial charge in [0.05, 0.1) is 13.2 Å². The quantitative estimate of drug-likeness (QED) is 0.785. The maximum atomic E-state index is 10.0. The Bertz CT molecular complexity index is 425. The number of anilines is 1. The predicted octanol–water partition coefficient (Wildman–Crippen LogP) is 2.90. The molecule has 3 nitrogen and oxygen atoms in total. The predicted molar refractivity (Wildman–Crippen MR) is 74.2 cm³/mol. The van der Waals surface area contributed by atoms with Crippen LogP contribution in [-0.4, -0.2) is 24.8 Å². The Morgan fingerprint density at radius 2 is 2.28 bits per heavy atom. The molecule has 98 valence electrons. The summed E-state index contributed by atoms with van der Waals surface area (Å²) in [7, 11) is 1.64. The van der Waals surface area contributed by atoms with E-state index in [-0.39, 0.29) is 0 Å². The van der Waals surface area contributed by atoms with Gasteiger partial charge in [-0.1, -0.05) is 12.1 Å². The lowest BCUT2D eigenvalue weighted by atomic mass is 10.1. The number of aliphatic hydroxyl groups excluding tert-OH is 1. The fourth-order valence-electron chi connectivity index (χ4n) is 2.35. The summed E-state index contributed by atoms with van der Waals surface area (Å²) < 4.78 is 5.36. The lowest BCUT2D eigenvalue weighted by Gasteiger charge is -2.27. The number of rotatable bonds is 6. The van der Waals surface area contributed by atoms with Gasteiger partial charge in [0.25, 0.3) is 0 Å². The highest BCUT2D eigenvalue weighted by atomic mass is 16.5. The summed E-state index contributed by atoms with van der Waals surface area (Å²) in [5.41, 5.74) is 1.93. The zero-order valence-electron chi connectivity index (χ0n) is 11.1. The summed E-state index contributed by atoms with van der Waals surface area (Å²) in [6, 6.07) is 6.49. The number of hydrogen-bond acceptors (Lipinski definition) is 3. The van der Waals surface area contributed by atoms with Crippen LogP contribution in [0.1, 0.15) is 31.4 Å². The van der Waals surface area contributed by atoms with E-state index in [2.05, 4.69) is 11.5 Å². The molecule has 1 saturated carbocycles. The van der Waals surface area contributed by atoms with Crippen LogP contribution in [0.15, 0.2) is 30.9 Å². The van der Waals surface area contributed by atoms with Gasteiger partial charge in [-0.05, 0) is 31.9 Å². The fourth-order valence-corrected chi connectivity index (χ4v) is 2.35. The molecule has 0 unspecified atom stereocenters. The Morgan fingerprint density at radius 1 is 1.56 bits per heavy atom. The van der Waals surface area contributed by atoms with Gasteiger partial charge in [-0.15, -0.1) is 6.58 Å². The summed E-state index contributed by atoms with van der Waals surface area (Å²) in [6.45, 7) is 6.40. The van der Waals surface area contributed by atoms with Crippen molar-refractivity contribution in [2.45, 2.75) is 31.9 Å². The average molecular weight is 247 g/mol. The van der Waals surface area contributed by atoms with Crippen LogP contribution < -0.4 is 9.64 Å². The third-order valence-electron chi connectivity index (χ3n) is 3.30. The number of nitrogens with zero attached hydrogens (tertiary/aromatic N) is 1. The highest BCUT2D eigenvalue weighted by Crippen LogP contribution is 2.39. The van der Waals surface area contributed by atoms with Crippen molar-refractivity contribution in [1.82, 2.24) is 0 Å². The van der Waals surface area contributed by atoms with Gasteiger partial charge in [-0.2, -0.15) is 0 Å². The molecule has 3 heteroatoms. The molecule has 1 atom stereocenters. The zero-order chi connectivity index (χ0) is 13.1. The first-order valence-corrected chi connectivity index (χ1v) is 6.41. The maximum absolute atomic E-state index is 10.0. The molecule has 0 aliphatic heterocycles. The van der Waals surface area contributed by atoms with E-state index in [4.69, 9.17) is 4.74 Å². The first-order chi connectivity index (χ1) is 8.69. The molecule has 1 fully saturated rings. The number of hydrogen-bond donors (Lipinski definition) is 1. The van der Waals surface area contributed by atoms with Crippen LogP contribution >= 0.6 is 0 Å². The van der Waals surface area contributed by atoms with E-state index in [0.29, 0.717) is 6.04 Å². The number of benzene rings is 1. The smallest absolute Gasteiger partial charge is 0.126 e. The van der Waals surface area contributed by atoms with Crippen molar-refractivity contribution in [3.63, 3.8) is 0 Å². The van der Waals surface area contributed by atoms with E-state index in [0.717, 1.165) is 23.5 Å². The highest BCUT2D eigenvalue weighted by Gasteiger charge is 2.31. The van der Waals surface area contributed by atoms with Crippen molar-refractivity contribution in [2.75, 3.05) is 18.6 Å². The van der Waals surface area contributed by atoms with Crippen LogP contribution in [0.25, 0.3) is 0 Å². The lowest BCUT2D eigenvalue weighted by molar-refractivity contribution is 0.194. The van der Waals surface area contributed by atoms with Crippen molar-refractivity contribution in [1.29, 1.82) is 0 Å². The number of methoxy groups -OCH3 is 1. The molecule has 0 spiro atoms. The van der Waals surface area contributed by atoms with Crippen molar-refractivity contribution in [2.24, 2.45) is 0 Å². The molecule has 18 heavy (non-hydrogen) atoms. The molecule has 0 saturated heterocycles. The van der Waals surface area contributed by atoms with Crippen molar-refractivity contribution in [3.8, 4) is 5.75 Å². The minimum atomic E-state index is -0.540. The summed E-state index contributed by atoms with van der Waals surface area (Å²) in [5, 5.41) is 10.0. The average Bonchev–Trinajstić information content (AvgIpc) is 3.19. The van der Waals surface area contributed by atoms with Gasteiger partial charge < -0.3 is 14.7 Å². The molecule has 2 rings (SSSR count). The molecule has 0 radical (unpaired) electrons. The molecule has 1 aliphatic rings. The van der Waals surface area contributed by atoms with Crippen molar-refractivity contribution < 1.29 is 9.84 Å². The topological polar surface area (TPSA) is 32.7 Å². The van der Waals surface area contributed by atoms with E-state index in [9.17, 15) is 5.11 Å². The summed E-state index contributed by atoms with van der Waals surface area (Å²) in [4.78, 5) is 2.30. The van der Waals surface area contributed by atoms with Crippen molar-refractivity contribution >= 4 is 5.69 Å². The fraction of sp³-hybridized carbons (Fsp3) is 0.467. The third-order valence-corrected chi connectivity index (χ3v) is 3.30. The van der Waals surface area contributed by atoms with E-state index < -0.39 is 6.10 Å². The minimum Gasteiger partial charge on any atom is -0.496 e. The van der Waals surface area contributed by atoms with Gasteiger partial charge in [0.15, 0.2) is 0 Å². The van der Waals surface area contributed by atoms with Crippen LogP contribution in [0.3, 0.4) is 0 Å². The maximum Gasteiger partial charge on any atom is 0.126 e. The van der Waals surface area contributed by atoms with E-state index in [1.165, 1.54) is 12.8 Å². The van der Waals surface area contributed by atoms with E-state index in [1.807, 2.05) is 24.3 Å². The number of ether oxygens (including phenoxy) is 1. The van der Waals surface area contributed by atoms with Gasteiger partial charge in [0.1, 0.15) is 5.75 Å². The monoisotopic (exact) mass is 247 g/mol. The van der Waals surface area contributed by atoms with Gasteiger partial charge in [0.2, 0.25) is 0 Å². The Hall–Kier alpha value is -1.48. The molecule has 1 aliphatic carbocycles. The third kappa shape index (κ3) is 2.51. The summed E-state index contributed by atoms with van der Waals surface area (Å²) >= 11 is 0. The molecule has 0 heterocycles. The SMILES string of the molecule is C=CCN(c1cccc(OC)c1[C@@H](C)O)C1CC1. The molecule has 0 aromatic heterocycles. The normalized spacial score (nSPS) is 16.2. The Kier molecular flexibility index (Phi) is 3.92. The van der Waals surface area contributed by atoms with Gasteiger partial charge in [-0.25, -0.2) is 0 Å². The minimum absolute atomic E-state index is 0.540. The van der Waals surface area contributed by atoms with Gasteiger partial charge >= 0.3 is 0 Å². The van der Waals surface area contributed by atoms with E-state index >= 15 is 0 Å². The molecular formula is C15H21NO2. The second-order valence-corrected chi connectivity index (χ2v) is 4.74. The molecule has 1 aromatic rings. The summed E-state index contributed by atoms with van der Waals surface area (Å²) in [6.07, 6.45) is 3.79. The standard InChI is InChI=1S/C15H21NO2/c1-4-10-16(12-8-9-12)13-6-5-7-14(18-3)15(13)11(2)17/h4-7,11-12,17H,1,8-10H2,2-3H3/t11-/m1/s1. The first kappa shape index (κ1) is 13.0. The van der Waals surface area contributed by atoms with Crippen LogP contribution in [0.5, 0.6) is 5.75 Å². The Balaban J connectivity index is 2.43. The second-order valence-electron chi connectivity index (χ2n) is 4.74. The van der Waals surface area contributed by atoms with E-state index in [1.54, 1.807) is 14.0 Å². The molecule has 1 aromatic carbocycles. The largest absolute Gasteiger partial charge is 0.496 e. The second kappa shape index (κ2) is 5.44. The molecular weight excluding hydrogens is 226 g/mol. The summed E-state index contributed by atoms with van der Waals surface area (Å²) in [5.74, 6) is 0.747. The molecule has 0 amide bonds. The van der Waals surface area contributed by atoms with Gasteiger partial charge in [0, 0.05) is 23.8 Å². The molecule has 1 N–H and O–H groups in total. The van der Waals surface area contributed by atoms with Gasteiger partial charge in [-0.3, -0.25) is 0 Å². The Morgan fingerprint density at radius 3 is 2.78 bits per heavy atom. The Labute approximate surface area is 109 Å². The highest BCUT2D eigenvalue weighted by molar-refractivity contribution is 5.62. The number of aliphatic hydroxyl groups is 1. The van der Waals surface area contributed by atoms with Crippen LogP contribution in [0.4, 0.5) is 5.69 Å².